The average molecular weight is 353 g/mol. The number of ether oxygens (including phenoxy) is 1. The normalized spacial score (nSPS) is 17.5. The fraction of sp³-hybridized carbons (Fsp3) is 0.632. The van der Waals surface area contributed by atoms with Crippen LogP contribution in [0.25, 0.3) is 0 Å². The van der Waals surface area contributed by atoms with Gasteiger partial charge in [0.15, 0.2) is 0 Å². The predicted molar refractivity (Wildman–Crippen MR) is 98.3 cm³/mol. The lowest BCUT2D eigenvalue weighted by Gasteiger charge is -2.39. The first kappa shape index (κ1) is 19.2. The van der Waals surface area contributed by atoms with Crippen LogP contribution in [0.5, 0.6) is 0 Å². The summed E-state index contributed by atoms with van der Waals surface area (Å²) >= 11 is 6.03. The highest BCUT2D eigenvalue weighted by Gasteiger charge is 2.38. The molecule has 4 nitrogen and oxygen atoms in total. The lowest BCUT2D eigenvalue weighted by atomic mass is 9.73. The van der Waals surface area contributed by atoms with Gasteiger partial charge in [-0.3, -0.25) is 4.79 Å². The molecule has 5 heteroatoms. The number of hydrogen-bond donors (Lipinski definition) is 2. The topological polar surface area (TPSA) is 64.4 Å². The summed E-state index contributed by atoms with van der Waals surface area (Å²) in [5, 5.41) is 3.92. The molecule has 0 aliphatic carbocycles. The van der Waals surface area contributed by atoms with Crippen LogP contribution in [-0.4, -0.2) is 32.2 Å². The van der Waals surface area contributed by atoms with E-state index >= 15 is 0 Å². The molecule has 134 valence electrons. The molecule has 2 rings (SSSR count). The van der Waals surface area contributed by atoms with Crippen LogP contribution in [-0.2, 0) is 14.9 Å². The van der Waals surface area contributed by atoms with E-state index in [4.69, 9.17) is 22.1 Å². The first-order valence-electron chi connectivity index (χ1n) is 8.84. The van der Waals surface area contributed by atoms with E-state index in [-0.39, 0.29) is 11.3 Å². The Balaban J connectivity index is 2.18. The lowest BCUT2D eigenvalue weighted by molar-refractivity contribution is -0.131. The quantitative estimate of drug-likeness (QED) is 0.791. The molecule has 0 atom stereocenters. The highest BCUT2D eigenvalue weighted by atomic mass is 35.5. The van der Waals surface area contributed by atoms with Crippen molar-refractivity contribution in [2.75, 3.05) is 26.3 Å². The Hall–Kier alpha value is -1.10. The standard InChI is InChI=1S/C19H29ClN2O2/c1-3-18(4-2,13-21)17(23)22-14-19(9-11-24-12-10-19)15-5-7-16(20)8-6-15/h5-8H,3-4,9-14,21H2,1-2H3,(H,22,23). The van der Waals surface area contributed by atoms with Crippen molar-refractivity contribution in [2.24, 2.45) is 11.1 Å². The molecule has 1 aliphatic rings. The zero-order chi connectivity index (χ0) is 17.6. The van der Waals surface area contributed by atoms with Crippen molar-refractivity contribution in [1.29, 1.82) is 0 Å². The number of nitrogens with one attached hydrogen (secondary N) is 1. The maximum Gasteiger partial charge on any atom is 0.227 e. The van der Waals surface area contributed by atoms with Gasteiger partial charge in [-0.25, -0.2) is 0 Å². The molecule has 1 saturated heterocycles. The van der Waals surface area contributed by atoms with Gasteiger partial charge in [0.1, 0.15) is 0 Å². The maximum atomic E-state index is 12.8. The van der Waals surface area contributed by atoms with Crippen molar-refractivity contribution in [3.05, 3.63) is 34.9 Å². The highest BCUT2D eigenvalue weighted by molar-refractivity contribution is 6.30. The van der Waals surface area contributed by atoms with Gasteiger partial charge in [0.25, 0.3) is 0 Å². The minimum atomic E-state index is -0.466. The van der Waals surface area contributed by atoms with Crippen LogP contribution in [0.1, 0.15) is 45.1 Å². The molecule has 1 amide bonds. The van der Waals surface area contributed by atoms with E-state index in [2.05, 4.69) is 17.4 Å². The molecule has 0 unspecified atom stereocenters. The van der Waals surface area contributed by atoms with E-state index in [1.54, 1.807) is 0 Å². The SMILES string of the molecule is CCC(CC)(CN)C(=O)NCC1(c2ccc(Cl)cc2)CCOCC1. The Kier molecular flexibility index (Phi) is 6.67. The number of nitrogens with two attached hydrogens (primary N) is 1. The summed E-state index contributed by atoms with van der Waals surface area (Å²) in [6, 6.07) is 7.96. The van der Waals surface area contributed by atoms with Crippen LogP contribution >= 0.6 is 11.6 Å². The van der Waals surface area contributed by atoms with E-state index in [1.807, 2.05) is 26.0 Å². The first-order chi connectivity index (χ1) is 11.5. The van der Waals surface area contributed by atoms with Gasteiger partial charge in [-0.1, -0.05) is 37.6 Å². The van der Waals surface area contributed by atoms with E-state index < -0.39 is 5.41 Å². The molecule has 0 aromatic heterocycles. The molecule has 1 aliphatic heterocycles. The van der Waals surface area contributed by atoms with E-state index in [1.165, 1.54) is 5.56 Å². The zero-order valence-corrected chi connectivity index (χ0v) is 15.5. The second-order valence-corrected chi connectivity index (χ2v) is 7.21. The smallest absolute Gasteiger partial charge is 0.227 e. The number of carbonyl (C=O) groups is 1. The molecule has 0 spiro atoms. The fourth-order valence-corrected chi connectivity index (χ4v) is 3.65. The van der Waals surface area contributed by atoms with Gasteiger partial charge in [0.2, 0.25) is 5.91 Å². The second kappa shape index (κ2) is 8.32. The molecule has 0 bridgehead atoms. The average Bonchev–Trinajstić information content (AvgIpc) is 2.63. The monoisotopic (exact) mass is 352 g/mol. The number of benzene rings is 1. The first-order valence-corrected chi connectivity index (χ1v) is 9.22. The maximum absolute atomic E-state index is 12.8. The third kappa shape index (κ3) is 3.93. The lowest BCUT2D eigenvalue weighted by Crippen LogP contribution is -2.51. The van der Waals surface area contributed by atoms with Crippen LogP contribution in [0, 0.1) is 5.41 Å². The summed E-state index contributed by atoms with van der Waals surface area (Å²) in [6.45, 7) is 6.46. The van der Waals surface area contributed by atoms with Crippen molar-refractivity contribution in [3.8, 4) is 0 Å². The van der Waals surface area contributed by atoms with Crippen molar-refractivity contribution >= 4 is 17.5 Å². The largest absolute Gasteiger partial charge is 0.381 e. The minimum Gasteiger partial charge on any atom is -0.381 e. The molecule has 1 heterocycles. The Labute approximate surface area is 150 Å². The van der Waals surface area contributed by atoms with Crippen LogP contribution in [0.15, 0.2) is 24.3 Å². The number of rotatable bonds is 7. The molecule has 3 N–H and O–H groups in total. The van der Waals surface area contributed by atoms with Crippen LogP contribution in [0.2, 0.25) is 5.02 Å². The van der Waals surface area contributed by atoms with Crippen molar-refractivity contribution < 1.29 is 9.53 Å². The van der Waals surface area contributed by atoms with Gasteiger partial charge in [-0.05, 0) is 43.4 Å². The summed E-state index contributed by atoms with van der Waals surface area (Å²) in [4.78, 5) is 12.8. The number of amides is 1. The Bertz CT molecular complexity index is 527. The molecule has 24 heavy (non-hydrogen) atoms. The molecule has 1 aromatic carbocycles. The van der Waals surface area contributed by atoms with Crippen molar-refractivity contribution in [1.82, 2.24) is 5.32 Å². The second-order valence-electron chi connectivity index (χ2n) is 6.77. The van der Waals surface area contributed by atoms with Crippen molar-refractivity contribution in [2.45, 2.75) is 44.9 Å². The van der Waals surface area contributed by atoms with Gasteiger partial charge in [0, 0.05) is 36.7 Å². The van der Waals surface area contributed by atoms with Crippen LogP contribution in [0.3, 0.4) is 0 Å². The third-order valence-corrected chi connectivity index (χ3v) is 5.97. The summed E-state index contributed by atoms with van der Waals surface area (Å²) < 4.78 is 5.55. The Morgan fingerprint density at radius 1 is 1.25 bits per heavy atom. The fourth-order valence-electron chi connectivity index (χ4n) is 3.52. The molecule has 0 saturated carbocycles. The molecule has 1 aromatic rings. The predicted octanol–water partition coefficient (Wildman–Crippen LogP) is 3.27. The summed E-state index contributed by atoms with van der Waals surface area (Å²) in [7, 11) is 0. The van der Waals surface area contributed by atoms with Gasteiger partial charge in [0.05, 0.1) is 5.41 Å². The van der Waals surface area contributed by atoms with E-state index in [9.17, 15) is 4.79 Å². The van der Waals surface area contributed by atoms with E-state index in [0.717, 1.165) is 30.7 Å². The van der Waals surface area contributed by atoms with Gasteiger partial charge >= 0.3 is 0 Å². The summed E-state index contributed by atoms with van der Waals surface area (Å²) in [5.41, 5.74) is 6.55. The number of hydrogen-bond acceptors (Lipinski definition) is 3. The Morgan fingerprint density at radius 3 is 2.33 bits per heavy atom. The summed E-state index contributed by atoms with van der Waals surface area (Å²) in [5.74, 6) is 0.0647. The third-order valence-electron chi connectivity index (χ3n) is 5.72. The zero-order valence-electron chi connectivity index (χ0n) is 14.7. The van der Waals surface area contributed by atoms with Crippen LogP contribution in [0.4, 0.5) is 0 Å². The minimum absolute atomic E-state index is 0.0647. The molecular weight excluding hydrogens is 324 g/mol. The van der Waals surface area contributed by atoms with Gasteiger partial charge in [-0.15, -0.1) is 0 Å². The highest BCUT2D eigenvalue weighted by Crippen LogP contribution is 2.35. The molecular formula is C19H29ClN2O2. The van der Waals surface area contributed by atoms with Gasteiger partial charge < -0.3 is 15.8 Å². The van der Waals surface area contributed by atoms with Gasteiger partial charge in [-0.2, -0.15) is 0 Å². The van der Waals surface area contributed by atoms with E-state index in [0.29, 0.717) is 26.3 Å². The van der Waals surface area contributed by atoms with Crippen molar-refractivity contribution in [3.63, 3.8) is 0 Å². The Morgan fingerprint density at radius 2 is 1.83 bits per heavy atom. The molecule has 0 radical (unpaired) electrons. The summed E-state index contributed by atoms with van der Waals surface area (Å²) in [6.07, 6.45) is 3.29. The number of halogens is 1. The number of carbonyl (C=O) groups excluding carboxylic acids is 1. The van der Waals surface area contributed by atoms with Crippen LogP contribution < -0.4 is 11.1 Å². The molecule has 1 fully saturated rings.